The lowest BCUT2D eigenvalue weighted by Crippen LogP contribution is -2.07. The van der Waals surface area contributed by atoms with E-state index in [1.54, 1.807) is 24.3 Å². The van der Waals surface area contributed by atoms with E-state index in [1.807, 2.05) is 6.07 Å². The molecule has 0 spiro atoms. The van der Waals surface area contributed by atoms with E-state index in [1.165, 1.54) is 12.3 Å². The standard InChI is InChI=1S/C15H14FN3O/c16-14-3-1-2-12(4-6-17)15(14)20-10-11-5-7-19-13(8-11)9-18/h1-3,5,7-8H,4,6,10,17H2. The number of nitrogens with two attached hydrogens (primary N) is 1. The van der Waals surface area contributed by atoms with E-state index >= 15 is 0 Å². The third kappa shape index (κ3) is 3.31. The van der Waals surface area contributed by atoms with Gasteiger partial charge in [0, 0.05) is 6.20 Å². The largest absolute Gasteiger partial charge is 0.486 e. The molecule has 5 heteroatoms. The van der Waals surface area contributed by atoms with Crippen LogP contribution < -0.4 is 10.5 Å². The molecule has 0 radical (unpaired) electrons. The van der Waals surface area contributed by atoms with E-state index in [0.29, 0.717) is 18.7 Å². The van der Waals surface area contributed by atoms with Crippen LogP contribution in [0.2, 0.25) is 0 Å². The average Bonchev–Trinajstić information content (AvgIpc) is 2.47. The highest BCUT2D eigenvalue weighted by Gasteiger charge is 2.09. The monoisotopic (exact) mass is 271 g/mol. The summed E-state index contributed by atoms with van der Waals surface area (Å²) < 4.78 is 19.3. The van der Waals surface area contributed by atoms with Crippen LogP contribution in [0.15, 0.2) is 36.5 Å². The van der Waals surface area contributed by atoms with Gasteiger partial charge in [0.15, 0.2) is 11.6 Å². The quantitative estimate of drug-likeness (QED) is 0.904. The van der Waals surface area contributed by atoms with Crippen molar-refractivity contribution in [3.63, 3.8) is 0 Å². The Morgan fingerprint density at radius 3 is 2.95 bits per heavy atom. The number of halogens is 1. The zero-order chi connectivity index (χ0) is 14.4. The third-order valence-corrected chi connectivity index (χ3v) is 2.78. The molecule has 0 atom stereocenters. The molecule has 0 unspecified atom stereocenters. The van der Waals surface area contributed by atoms with Crippen molar-refractivity contribution in [2.24, 2.45) is 5.73 Å². The molecule has 0 saturated heterocycles. The van der Waals surface area contributed by atoms with E-state index in [4.69, 9.17) is 15.7 Å². The molecule has 2 rings (SSSR count). The molecule has 1 aromatic heterocycles. The first-order valence-corrected chi connectivity index (χ1v) is 6.20. The van der Waals surface area contributed by atoms with Gasteiger partial charge in [-0.05, 0) is 42.3 Å². The number of hydrogen-bond donors (Lipinski definition) is 1. The number of benzene rings is 1. The SMILES string of the molecule is N#Cc1cc(COc2c(F)cccc2CCN)ccn1. The van der Waals surface area contributed by atoms with Gasteiger partial charge in [0.2, 0.25) is 0 Å². The van der Waals surface area contributed by atoms with E-state index in [9.17, 15) is 4.39 Å². The van der Waals surface area contributed by atoms with Gasteiger partial charge in [0.1, 0.15) is 18.4 Å². The van der Waals surface area contributed by atoms with Crippen molar-refractivity contribution in [3.8, 4) is 11.8 Å². The normalized spacial score (nSPS) is 10.1. The number of para-hydroxylation sites is 1. The highest BCUT2D eigenvalue weighted by atomic mass is 19.1. The number of hydrogen-bond acceptors (Lipinski definition) is 4. The second-order valence-electron chi connectivity index (χ2n) is 4.22. The Kier molecular flexibility index (Phi) is 4.64. The first kappa shape index (κ1) is 14.0. The number of pyridine rings is 1. The molecule has 20 heavy (non-hydrogen) atoms. The fraction of sp³-hybridized carbons (Fsp3) is 0.200. The van der Waals surface area contributed by atoms with Crippen molar-refractivity contribution in [3.05, 3.63) is 59.2 Å². The molecule has 0 bridgehead atoms. The fourth-order valence-corrected chi connectivity index (χ4v) is 1.85. The Morgan fingerprint density at radius 2 is 2.20 bits per heavy atom. The van der Waals surface area contributed by atoms with Crippen molar-refractivity contribution < 1.29 is 9.13 Å². The summed E-state index contributed by atoms with van der Waals surface area (Å²) >= 11 is 0. The minimum absolute atomic E-state index is 0.176. The van der Waals surface area contributed by atoms with Crippen LogP contribution in [0.1, 0.15) is 16.8 Å². The van der Waals surface area contributed by atoms with Gasteiger partial charge in [0.25, 0.3) is 0 Å². The molecule has 4 nitrogen and oxygen atoms in total. The summed E-state index contributed by atoms with van der Waals surface area (Å²) in [6, 6.07) is 10.1. The second kappa shape index (κ2) is 6.64. The molecule has 102 valence electrons. The summed E-state index contributed by atoms with van der Waals surface area (Å²) in [4.78, 5) is 3.87. The van der Waals surface area contributed by atoms with Crippen LogP contribution in [-0.4, -0.2) is 11.5 Å². The van der Waals surface area contributed by atoms with Gasteiger partial charge in [-0.25, -0.2) is 9.37 Å². The first-order valence-electron chi connectivity index (χ1n) is 6.20. The van der Waals surface area contributed by atoms with Crippen molar-refractivity contribution >= 4 is 0 Å². The molecule has 1 heterocycles. The van der Waals surface area contributed by atoms with Crippen molar-refractivity contribution in [2.45, 2.75) is 13.0 Å². The maximum atomic E-state index is 13.8. The summed E-state index contributed by atoms with van der Waals surface area (Å²) in [7, 11) is 0. The topological polar surface area (TPSA) is 71.9 Å². The fourth-order valence-electron chi connectivity index (χ4n) is 1.85. The van der Waals surface area contributed by atoms with Gasteiger partial charge < -0.3 is 10.5 Å². The summed E-state index contributed by atoms with van der Waals surface area (Å²) in [6.45, 7) is 0.601. The van der Waals surface area contributed by atoms with Crippen LogP contribution in [0.25, 0.3) is 0 Å². The number of aromatic nitrogens is 1. The van der Waals surface area contributed by atoms with Crippen LogP contribution in [0.4, 0.5) is 4.39 Å². The zero-order valence-corrected chi connectivity index (χ0v) is 10.8. The third-order valence-electron chi connectivity index (χ3n) is 2.78. The maximum absolute atomic E-state index is 13.8. The maximum Gasteiger partial charge on any atom is 0.165 e. The Balaban J connectivity index is 2.16. The lowest BCUT2D eigenvalue weighted by atomic mass is 10.1. The minimum Gasteiger partial charge on any atom is -0.486 e. The molecule has 0 amide bonds. The van der Waals surface area contributed by atoms with Gasteiger partial charge in [-0.3, -0.25) is 0 Å². The summed E-state index contributed by atoms with van der Waals surface area (Å²) in [5.74, 6) is -0.196. The van der Waals surface area contributed by atoms with Gasteiger partial charge in [-0.1, -0.05) is 12.1 Å². The molecular weight excluding hydrogens is 257 g/mol. The van der Waals surface area contributed by atoms with E-state index in [2.05, 4.69) is 4.98 Å². The summed E-state index contributed by atoms with van der Waals surface area (Å²) in [6.07, 6.45) is 2.08. The average molecular weight is 271 g/mol. The molecule has 0 aliphatic heterocycles. The van der Waals surface area contributed by atoms with E-state index in [-0.39, 0.29) is 12.4 Å². The van der Waals surface area contributed by atoms with Crippen LogP contribution in [0, 0.1) is 17.1 Å². The highest BCUT2D eigenvalue weighted by Crippen LogP contribution is 2.24. The van der Waals surface area contributed by atoms with Crippen LogP contribution in [0.5, 0.6) is 5.75 Å². The Labute approximate surface area is 116 Å². The van der Waals surface area contributed by atoms with E-state index in [0.717, 1.165) is 11.1 Å². The smallest absolute Gasteiger partial charge is 0.165 e. The van der Waals surface area contributed by atoms with Crippen molar-refractivity contribution in [1.82, 2.24) is 4.98 Å². The first-order chi connectivity index (χ1) is 9.74. The Morgan fingerprint density at radius 1 is 1.35 bits per heavy atom. The van der Waals surface area contributed by atoms with Gasteiger partial charge in [0.05, 0.1) is 0 Å². The summed E-state index contributed by atoms with van der Waals surface area (Å²) in [5, 5.41) is 8.78. The lowest BCUT2D eigenvalue weighted by Gasteiger charge is -2.12. The molecule has 2 N–H and O–H groups in total. The minimum atomic E-state index is -0.412. The molecule has 0 aliphatic carbocycles. The Bertz CT molecular complexity index is 637. The van der Waals surface area contributed by atoms with Crippen molar-refractivity contribution in [2.75, 3.05) is 6.54 Å². The van der Waals surface area contributed by atoms with Gasteiger partial charge in [-0.15, -0.1) is 0 Å². The molecule has 2 aromatic rings. The predicted molar refractivity (Wildman–Crippen MR) is 72.4 cm³/mol. The van der Waals surface area contributed by atoms with Crippen LogP contribution in [-0.2, 0) is 13.0 Å². The van der Waals surface area contributed by atoms with Gasteiger partial charge in [-0.2, -0.15) is 5.26 Å². The molecular formula is C15H14FN3O. The number of nitrogens with zero attached hydrogens (tertiary/aromatic N) is 2. The molecule has 1 aromatic carbocycles. The van der Waals surface area contributed by atoms with Crippen LogP contribution in [0.3, 0.4) is 0 Å². The molecule has 0 saturated carbocycles. The number of ether oxygens (including phenoxy) is 1. The van der Waals surface area contributed by atoms with Crippen molar-refractivity contribution in [1.29, 1.82) is 5.26 Å². The zero-order valence-electron chi connectivity index (χ0n) is 10.8. The predicted octanol–water partition coefficient (Wildman–Crippen LogP) is 2.17. The van der Waals surface area contributed by atoms with Gasteiger partial charge >= 0.3 is 0 Å². The second-order valence-corrected chi connectivity index (χ2v) is 4.22. The van der Waals surface area contributed by atoms with Crippen LogP contribution >= 0.6 is 0 Å². The van der Waals surface area contributed by atoms with E-state index < -0.39 is 5.82 Å². The molecule has 0 fully saturated rings. The molecule has 0 aliphatic rings. The Hall–Kier alpha value is -2.45. The number of nitriles is 1. The highest BCUT2D eigenvalue weighted by molar-refractivity contribution is 5.35. The summed E-state index contributed by atoms with van der Waals surface area (Å²) in [5.41, 5.74) is 7.31. The number of rotatable bonds is 5. The lowest BCUT2D eigenvalue weighted by molar-refractivity contribution is 0.287.